The fraction of sp³-hybridized carbons (Fsp3) is 0.792. The van der Waals surface area contributed by atoms with E-state index in [1.54, 1.807) is 6.08 Å². The van der Waals surface area contributed by atoms with E-state index in [0.29, 0.717) is 74.0 Å². The predicted octanol–water partition coefficient (Wildman–Crippen LogP) is 6.42. The fourth-order valence-corrected chi connectivity index (χ4v) is 11.8. The SMILES string of the molecule is C=C(COC(=O)[C@](C)(O)C[C@@H]1CC[C@@H](O)[C@]2(C=C(C)C[C@@H]([C@H](C)/C=C/C3CC[C@@]4(CCC5O[C@H]([C@@H](O)C[C@H](C)C6O[C@@]7(CCCCO7)CC[C@H]6C)C(=C)[C@@H](O)C5O4)O3)O2)O1)CC(=C)C(CCO)OO. The smallest absolute Gasteiger partial charge is 0.338 e. The Labute approximate surface area is 408 Å². The highest BCUT2D eigenvalue weighted by atomic mass is 17.1. The zero-order valence-corrected chi connectivity index (χ0v) is 41.6. The van der Waals surface area contributed by atoms with Crippen LogP contribution in [0.3, 0.4) is 0 Å². The minimum Gasteiger partial charge on any atom is -0.459 e. The third-order valence-corrected chi connectivity index (χ3v) is 15.8. The minimum absolute atomic E-state index is 0.0360. The molecule has 0 bridgehead atoms. The van der Waals surface area contributed by atoms with E-state index in [-0.39, 0.29) is 62.6 Å². The van der Waals surface area contributed by atoms with Gasteiger partial charge in [-0.3, -0.25) is 5.26 Å². The van der Waals surface area contributed by atoms with Gasteiger partial charge in [-0.05, 0) is 113 Å². The maximum atomic E-state index is 13.1. The molecule has 6 N–H and O–H groups in total. The van der Waals surface area contributed by atoms with Crippen molar-refractivity contribution in [2.24, 2.45) is 17.8 Å². The number of fused-ring (bicyclic) bond motifs is 1. The van der Waals surface area contributed by atoms with Crippen molar-refractivity contribution in [3.05, 3.63) is 60.3 Å². The molecule has 6 fully saturated rings. The molecule has 0 aromatic heterocycles. The van der Waals surface area contributed by atoms with Crippen molar-refractivity contribution in [1.82, 2.24) is 0 Å². The largest absolute Gasteiger partial charge is 0.459 e. The first-order chi connectivity index (χ1) is 32.7. The van der Waals surface area contributed by atoms with Gasteiger partial charge < -0.3 is 63.4 Å². The first-order valence-electron chi connectivity index (χ1n) is 25.6. The van der Waals surface area contributed by atoms with Crippen LogP contribution in [0.2, 0.25) is 0 Å². The lowest BCUT2D eigenvalue weighted by Crippen LogP contribution is -2.60. The molecule has 6 saturated heterocycles. The van der Waals surface area contributed by atoms with Crippen molar-refractivity contribution < 1.29 is 78.4 Å². The number of hydrogen-bond donors (Lipinski definition) is 6. The normalized spacial score (nSPS) is 39.9. The Bertz CT molecular complexity index is 1860. The highest BCUT2D eigenvalue weighted by Gasteiger charge is 2.55. The molecule has 0 aromatic carbocycles. The number of hydrogen-bond acceptors (Lipinski definition) is 16. The van der Waals surface area contributed by atoms with E-state index in [9.17, 15) is 30.3 Å². The Hall–Kier alpha value is -2.39. The highest BCUT2D eigenvalue weighted by molar-refractivity contribution is 5.78. The van der Waals surface area contributed by atoms with Crippen LogP contribution in [0.15, 0.2) is 60.3 Å². The Morgan fingerprint density at radius 2 is 1.75 bits per heavy atom. The molecule has 0 saturated carbocycles. The van der Waals surface area contributed by atoms with Crippen molar-refractivity contribution in [3.63, 3.8) is 0 Å². The van der Waals surface area contributed by atoms with Gasteiger partial charge in [0.2, 0.25) is 5.79 Å². The molecule has 0 aromatic rings. The molecule has 390 valence electrons. The lowest BCUT2D eigenvalue weighted by molar-refractivity contribution is -0.321. The molecule has 7 aliphatic heterocycles. The lowest BCUT2D eigenvalue weighted by atomic mass is 9.79. The number of aliphatic hydroxyl groups excluding tert-OH is 4. The second kappa shape index (κ2) is 22.8. The summed E-state index contributed by atoms with van der Waals surface area (Å²) < 4.78 is 51.1. The average molecular weight is 975 g/mol. The number of aliphatic hydroxyl groups is 5. The van der Waals surface area contributed by atoms with Crippen LogP contribution in [0, 0.1) is 17.8 Å². The molecular formula is C53H82O16. The molecule has 0 amide bonds. The van der Waals surface area contributed by atoms with Crippen molar-refractivity contribution in [1.29, 1.82) is 0 Å². The number of rotatable bonds is 18. The molecule has 7 aliphatic rings. The molecule has 16 nitrogen and oxygen atoms in total. The topological polar surface area (TPSA) is 222 Å². The van der Waals surface area contributed by atoms with Crippen molar-refractivity contribution in [2.45, 2.75) is 227 Å². The second-order valence-corrected chi connectivity index (χ2v) is 21.8. The molecule has 3 spiro atoms. The molecule has 0 radical (unpaired) electrons. The summed E-state index contributed by atoms with van der Waals surface area (Å²) in [5.41, 5.74) is 0.360. The minimum atomic E-state index is -1.93. The van der Waals surface area contributed by atoms with Crippen LogP contribution < -0.4 is 0 Å². The predicted molar refractivity (Wildman–Crippen MR) is 253 cm³/mol. The van der Waals surface area contributed by atoms with E-state index in [0.717, 1.165) is 44.3 Å². The third-order valence-electron chi connectivity index (χ3n) is 15.8. The van der Waals surface area contributed by atoms with Gasteiger partial charge in [-0.15, -0.1) is 0 Å². The molecular weight excluding hydrogens is 893 g/mol. The molecule has 7 rings (SSSR count). The van der Waals surface area contributed by atoms with E-state index in [4.69, 9.17) is 43.2 Å². The van der Waals surface area contributed by atoms with Gasteiger partial charge in [0.05, 0.1) is 43.2 Å². The summed E-state index contributed by atoms with van der Waals surface area (Å²) in [6.45, 7) is 22.0. The highest BCUT2D eigenvalue weighted by Crippen LogP contribution is 2.48. The van der Waals surface area contributed by atoms with Gasteiger partial charge in [-0.1, -0.05) is 58.2 Å². The Balaban J connectivity index is 0.887. The standard InChI is InChI=1S/C53H82O16/c1-31-26-43(66-53(28-31)44(56)14-13-39(65-53)29-50(8,59)49(58)61-30-32(2)25-35(5)41(69-60)18-23-54)33(3)11-12-38-16-21-52(64-38)22-17-42-48(68-52)45(57)37(7)47(63-42)40(55)27-36(6)46-34(4)15-20-51(67-46)19-9-10-24-62-51/h11-12,28,33-34,36,38-48,54-57,59-60H,2,5,7,9-10,13-27,29-30H2,1,3-4,6,8H3/b12-11+/t33-,34-,36+,38?,39+,40+,41?,42?,43+,44-,45-,46?,47+,48?,50-,51+,52-,53-/m1/s1. The van der Waals surface area contributed by atoms with E-state index in [1.807, 2.05) is 19.9 Å². The molecule has 69 heavy (non-hydrogen) atoms. The Morgan fingerprint density at radius 1 is 1.00 bits per heavy atom. The van der Waals surface area contributed by atoms with Crippen LogP contribution in [0.25, 0.3) is 0 Å². The van der Waals surface area contributed by atoms with E-state index >= 15 is 0 Å². The number of esters is 1. The van der Waals surface area contributed by atoms with Crippen LogP contribution >= 0.6 is 0 Å². The van der Waals surface area contributed by atoms with Crippen LogP contribution in [0.5, 0.6) is 0 Å². The molecule has 0 aliphatic carbocycles. The molecule has 18 atom stereocenters. The molecule has 7 heterocycles. The summed E-state index contributed by atoms with van der Waals surface area (Å²) >= 11 is 0. The molecule has 16 heteroatoms. The van der Waals surface area contributed by atoms with Crippen LogP contribution in [0.1, 0.15) is 137 Å². The monoisotopic (exact) mass is 975 g/mol. The maximum absolute atomic E-state index is 13.1. The van der Waals surface area contributed by atoms with Crippen LogP contribution in [0.4, 0.5) is 0 Å². The first-order valence-corrected chi connectivity index (χ1v) is 25.6. The van der Waals surface area contributed by atoms with Crippen LogP contribution in [-0.4, -0.2) is 147 Å². The fourth-order valence-electron chi connectivity index (χ4n) is 11.8. The van der Waals surface area contributed by atoms with Gasteiger partial charge in [0.25, 0.3) is 0 Å². The van der Waals surface area contributed by atoms with Gasteiger partial charge in [0, 0.05) is 51.0 Å². The van der Waals surface area contributed by atoms with Gasteiger partial charge in [-0.25, -0.2) is 9.68 Å². The summed E-state index contributed by atoms with van der Waals surface area (Å²) in [5.74, 6) is -3.52. The van der Waals surface area contributed by atoms with E-state index in [2.05, 4.69) is 44.5 Å². The summed E-state index contributed by atoms with van der Waals surface area (Å²) in [5, 5.41) is 64.2. The number of carbonyl (C=O) groups excluding carboxylic acids is 1. The van der Waals surface area contributed by atoms with Crippen molar-refractivity contribution in [2.75, 3.05) is 19.8 Å². The zero-order valence-electron chi connectivity index (χ0n) is 41.6. The van der Waals surface area contributed by atoms with Crippen molar-refractivity contribution in [3.8, 4) is 0 Å². The van der Waals surface area contributed by atoms with E-state index < -0.39 is 77.8 Å². The summed E-state index contributed by atoms with van der Waals surface area (Å²) in [6.07, 6.45) is 8.41. The van der Waals surface area contributed by atoms with Gasteiger partial charge >= 0.3 is 5.97 Å². The second-order valence-electron chi connectivity index (χ2n) is 21.8. The Kier molecular flexibility index (Phi) is 18.0. The van der Waals surface area contributed by atoms with Crippen molar-refractivity contribution >= 4 is 5.97 Å². The quantitative estimate of drug-likeness (QED) is 0.0378. The summed E-state index contributed by atoms with van der Waals surface area (Å²) in [4.78, 5) is 17.5. The molecule has 5 unspecified atom stereocenters. The average Bonchev–Trinajstić information content (AvgIpc) is 3.71. The third kappa shape index (κ3) is 12.7. The Morgan fingerprint density at radius 3 is 2.48 bits per heavy atom. The maximum Gasteiger partial charge on any atom is 0.338 e. The van der Waals surface area contributed by atoms with Gasteiger partial charge in [0.1, 0.15) is 37.1 Å². The summed E-state index contributed by atoms with van der Waals surface area (Å²) in [7, 11) is 0. The van der Waals surface area contributed by atoms with Crippen LogP contribution in [-0.2, 0) is 47.6 Å². The zero-order chi connectivity index (χ0) is 49.9. The summed E-state index contributed by atoms with van der Waals surface area (Å²) in [6, 6.07) is 0. The first kappa shape index (κ1) is 54.4. The lowest BCUT2D eigenvalue weighted by Gasteiger charge is -2.50. The van der Waals surface area contributed by atoms with Gasteiger partial charge in [0.15, 0.2) is 17.2 Å². The number of ether oxygens (including phenoxy) is 8. The van der Waals surface area contributed by atoms with Gasteiger partial charge in [-0.2, -0.15) is 0 Å². The van der Waals surface area contributed by atoms with E-state index in [1.165, 1.54) is 6.92 Å². The number of carbonyl (C=O) groups is 1.